The second-order valence-electron chi connectivity index (χ2n) is 6.63. The van der Waals surface area contributed by atoms with E-state index in [1.54, 1.807) is 24.4 Å². The summed E-state index contributed by atoms with van der Waals surface area (Å²) in [4.78, 5) is 30.2. The van der Waals surface area contributed by atoms with Crippen LogP contribution in [0.2, 0.25) is 0 Å². The molecule has 3 aromatic carbocycles. The Morgan fingerprint density at radius 2 is 1.75 bits per heavy atom. The molecule has 0 aliphatic rings. The topological polar surface area (TPSA) is 76.3 Å². The van der Waals surface area contributed by atoms with E-state index in [9.17, 15) is 9.59 Å². The Labute approximate surface area is 205 Å². The van der Waals surface area contributed by atoms with Gasteiger partial charge >= 0.3 is 0 Å². The minimum absolute atomic E-state index is 0.0502. The molecule has 9 heteroatoms. The Morgan fingerprint density at radius 3 is 2.53 bits per heavy atom. The van der Waals surface area contributed by atoms with Crippen LogP contribution in [0.4, 0.5) is 0 Å². The van der Waals surface area contributed by atoms with Gasteiger partial charge in [0.25, 0.3) is 11.5 Å². The maximum Gasteiger partial charge on any atom is 0.266 e. The van der Waals surface area contributed by atoms with E-state index >= 15 is 0 Å². The summed E-state index contributed by atoms with van der Waals surface area (Å²) >= 11 is 8.02. The smallest absolute Gasteiger partial charge is 0.266 e. The SMILES string of the molecule is O=C(CSc1nc2ccccc2c(=O)n1-c1ccc(Br)cc1)N/N=C/c1ccccc1Br. The van der Waals surface area contributed by atoms with Crippen molar-refractivity contribution in [1.29, 1.82) is 0 Å². The van der Waals surface area contributed by atoms with Crippen LogP contribution in [0.1, 0.15) is 5.56 Å². The lowest BCUT2D eigenvalue weighted by Crippen LogP contribution is -2.24. The van der Waals surface area contributed by atoms with Gasteiger partial charge in [-0.1, -0.05) is 74.0 Å². The number of amides is 1. The lowest BCUT2D eigenvalue weighted by molar-refractivity contribution is -0.118. The Hall–Kier alpha value is -2.75. The first-order chi connectivity index (χ1) is 15.5. The van der Waals surface area contributed by atoms with Gasteiger partial charge in [0.15, 0.2) is 5.16 Å². The zero-order valence-corrected chi connectivity index (χ0v) is 20.5. The van der Waals surface area contributed by atoms with Gasteiger partial charge in [-0.05, 0) is 42.5 Å². The molecular formula is C23H16Br2N4O2S. The molecule has 1 aromatic heterocycles. The molecule has 0 radical (unpaired) electrons. The summed E-state index contributed by atoms with van der Waals surface area (Å²) in [6.45, 7) is 0. The largest absolute Gasteiger partial charge is 0.272 e. The Kier molecular flexibility index (Phi) is 7.19. The Bertz CT molecular complexity index is 1370. The fraction of sp³-hybridized carbons (Fsp3) is 0.0435. The zero-order chi connectivity index (χ0) is 22.5. The highest BCUT2D eigenvalue weighted by molar-refractivity contribution is 9.10. The quantitative estimate of drug-likeness (QED) is 0.150. The minimum Gasteiger partial charge on any atom is -0.272 e. The van der Waals surface area contributed by atoms with Gasteiger partial charge in [-0.15, -0.1) is 0 Å². The van der Waals surface area contributed by atoms with Crippen LogP contribution in [-0.4, -0.2) is 27.4 Å². The maximum absolute atomic E-state index is 13.2. The van der Waals surface area contributed by atoms with Crippen LogP contribution in [-0.2, 0) is 4.79 Å². The lowest BCUT2D eigenvalue weighted by Gasteiger charge is -2.13. The summed E-state index contributed by atoms with van der Waals surface area (Å²) in [5, 5.41) is 4.96. The van der Waals surface area contributed by atoms with Gasteiger partial charge in [-0.3, -0.25) is 14.2 Å². The number of rotatable bonds is 6. The first-order valence-electron chi connectivity index (χ1n) is 9.50. The number of hydrogen-bond acceptors (Lipinski definition) is 5. The standard InChI is InChI=1S/C23H16Br2N4O2S/c24-16-9-11-17(12-10-16)29-22(31)18-6-2-4-8-20(18)27-23(29)32-14-21(30)28-26-13-15-5-1-3-7-19(15)25/h1-13H,14H2,(H,28,30)/b26-13+. The first-order valence-corrected chi connectivity index (χ1v) is 12.1. The number of hydrogen-bond donors (Lipinski definition) is 1. The van der Waals surface area contributed by atoms with Crippen LogP contribution in [0.5, 0.6) is 0 Å². The summed E-state index contributed by atoms with van der Waals surface area (Å²) in [5.41, 5.74) is 4.43. The molecule has 160 valence electrons. The van der Waals surface area contributed by atoms with E-state index in [2.05, 4.69) is 47.4 Å². The fourth-order valence-corrected chi connectivity index (χ4v) is 4.40. The van der Waals surface area contributed by atoms with E-state index in [1.165, 1.54) is 16.3 Å². The van der Waals surface area contributed by atoms with E-state index in [0.29, 0.717) is 21.7 Å². The fourth-order valence-electron chi connectivity index (χ4n) is 2.94. The van der Waals surface area contributed by atoms with E-state index in [4.69, 9.17) is 0 Å². The molecule has 1 heterocycles. The van der Waals surface area contributed by atoms with Crippen molar-refractivity contribution in [2.75, 3.05) is 5.75 Å². The Balaban J connectivity index is 1.57. The number of benzene rings is 3. The minimum atomic E-state index is -0.303. The number of fused-ring (bicyclic) bond motifs is 1. The number of thioether (sulfide) groups is 1. The molecule has 4 aromatic rings. The number of halogens is 2. The average molecular weight is 572 g/mol. The van der Waals surface area contributed by atoms with Gasteiger partial charge in [0.1, 0.15) is 0 Å². The molecule has 4 rings (SSSR count). The summed E-state index contributed by atoms with van der Waals surface area (Å²) < 4.78 is 3.31. The lowest BCUT2D eigenvalue weighted by atomic mass is 10.2. The second-order valence-corrected chi connectivity index (χ2v) is 9.34. The highest BCUT2D eigenvalue weighted by Crippen LogP contribution is 2.22. The summed E-state index contributed by atoms with van der Waals surface area (Å²) in [5.74, 6) is -0.253. The molecule has 6 nitrogen and oxygen atoms in total. The van der Waals surface area contributed by atoms with E-state index in [-0.39, 0.29) is 17.2 Å². The number of hydrazone groups is 1. The number of carbonyl (C=O) groups excluding carboxylic acids is 1. The zero-order valence-electron chi connectivity index (χ0n) is 16.5. The van der Waals surface area contributed by atoms with Gasteiger partial charge in [-0.2, -0.15) is 5.10 Å². The third-order valence-electron chi connectivity index (χ3n) is 4.46. The predicted octanol–water partition coefficient (Wildman–Crippen LogP) is 5.15. The number of nitrogens with one attached hydrogen (secondary N) is 1. The molecule has 1 amide bonds. The molecule has 0 atom stereocenters. The summed E-state index contributed by atoms with van der Waals surface area (Å²) in [7, 11) is 0. The van der Waals surface area contributed by atoms with Crippen molar-refractivity contribution in [2.45, 2.75) is 5.16 Å². The monoisotopic (exact) mass is 570 g/mol. The number of carbonyl (C=O) groups is 1. The predicted molar refractivity (Wildman–Crippen MR) is 136 cm³/mol. The normalized spacial score (nSPS) is 11.2. The number of aromatic nitrogens is 2. The molecule has 0 saturated heterocycles. The van der Waals surface area contributed by atoms with Crippen LogP contribution < -0.4 is 11.0 Å². The Morgan fingerprint density at radius 1 is 1.03 bits per heavy atom. The van der Waals surface area contributed by atoms with Gasteiger partial charge < -0.3 is 0 Å². The van der Waals surface area contributed by atoms with Crippen LogP contribution in [0.3, 0.4) is 0 Å². The first kappa shape index (κ1) is 22.4. The third-order valence-corrected chi connectivity index (χ3v) is 6.65. The third kappa shape index (κ3) is 5.17. The van der Waals surface area contributed by atoms with Crippen LogP contribution >= 0.6 is 43.6 Å². The van der Waals surface area contributed by atoms with Crippen molar-refractivity contribution in [3.8, 4) is 5.69 Å². The van der Waals surface area contributed by atoms with Crippen molar-refractivity contribution in [1.82, 2.24) is 15.0 Å². The number of para-hydroxylation sites is 1. The molecule has 0 fully saturated rings. The molecule has 0 aliphatic heterocycles. The highest BCUT2D eigenvalue weighted by Gasteiger charge is 2.14. The maximum atomic E-state index is 13.2. The molecule has 0 saturated carbocycles. The van der Waals surface area contributed by atoms with Crippen LogP contribution in [0, 0.1) is 0 Å². The molecule has 32 heavy (non-hydrogen) atoms. The van der Waals surface area contributed by atoms with E-state index in [1.807, 2.05) is 54.6 Å². The molecular weight excluding hydrogens is 556 g/mol. The van der Waals surface area contributed by atoms with Gasteiger partial charge in [0.05, 0.1) is 28.6 Å². The van der Waals surface area contributed by atoms with Gasteiger partial charge in [0.2, 0.25) is 0 Å². The molecule has 0 spiro atoms. The summed E-state index contributed by atoms with van der Waals surface area (Å²) in [6, 6.07) is 22.1. The van der Waals surface area contributed by atoms with Crippen molar-refractivity contribution < 1.29 is 4.79 Å². The molecule has 0 bridgehead atoms. The molecule has 1 N–H and O–H groups in total. The van der Waals surface area contributed by atoms with Crippen LogP contribution in [0.15, 0.2) is 96.8 Å². The van der Waals surface area contributed by atoms with Crippen molar-refractivity contribution >= 4 is 66.6 Å². The van der Waals surface area contributed by atoms with Gasteiger partial charge in [-0.25, -0.2) is 10.4 Å². The van der Waals surface area contributed by atoms with Crippen molar-refractivity contribution in [2.24, 2.45) is 5.10 Å². The highest BCUT2D eigenvalue weighted by atomic mass is 79.9. The molecule has 0 aliphatic carbocycles. The van der Waals surface area contributed by atoms with Gasteiger partial charge in [0, 0.05) is 14.5 Å². The van der Waals surface area contributed by atoms with Crippen molar-refractivity contribution in [3.63, 3.8) is 0 Å². The van der Waals surface area contributed by atoms with E-state index in [0.717, 1.165) is 14.5 Å². The van der Waals surface area contributed by atoms with Crippen molar-refractivity contribution in [3.05, 3.63) is 97.7 Å². The number of nitrogens with zero attached hydrogens (tertiary/aromatic N) is 3. The van der Waals surface area contributed by atoms with Crippen LogP contribution in [0.25, 0.3) is 16.6 Å². The molecule has 0 unspecified atom stereocenters. The average Bonchev–Trinajstić information content (AvgIpc) is 2.80. The second kappa shape index (κ2) is 10.2. The van der Waals surface area contributed by atoms with E-state index < -0.39 is 0 Å². The summed E-state index contributed by atoms with van der Waals surface area (Å²) in [6.07, 6.45) is 1.57.